The fraction of sp³-hybridized carbons (Fsp3) is 0.533. The van der Waals surface area contributed by atoms with E-state index in [0.717, 1.165) is 12.8 Å². The molecule has 21 heavy (non-hydrogen) atoms. The van der Waals surface area contributed by atoms with Gasteiger partial charge < -0.3 is 15.4 Å². The highest BCUT2D eigenvalue weighted by Gasteiger charge is 2.31. The average Bonchev–Trinajstić information content (AvgIpc) is 2.21. The number of hydrogen-bond donors (Lipinski definition) is 2. The fourth-order valence-corrected chi connectivity index (χ4v) is 2.42. The first-order valence-corrected chi connectivity index (χ1v) is 7.31. The van der Waals surface area contributed by atoms with Crippen molar-refractivity contribution >= 4 is 23.4 Å². The number of ether oxygens (including phenoxy) is 1. The van der Waals surface area contributed by atoms with Gasteiger partial charge in [0, 0.05) is 22.8 Å². The second-order valence-electron chi connectivity index (χ2n) is 6.31. The fourth-order valence-electron chi connectivity index (χ4n) is 2.20. The molecule has 1 aromatic carbocycles. The van der Waals surface area contributed by atoms with Gasteiger partial charge in [0.15, 0.2) is 0 Å². The molecular formula is C15H20ClFN2O2. The Labute approximate surface area is 129 Å². The molecular weight excluding hydrogens is 295 g/mol. The quantitative estimate of drug-likeness (QED) is 0.888. The molecule has 6 heteroatoms. The molecule has 1 aliphatic rings. The molecule has 1 fully saturated rings. The summed E-state index contributed by atoms with van der Waals surface area (Å²) in [5.74, 6) is -0.368. The Morgan fingerprint density at radius 3 is 2.52 bits per heavy atom. The Hall–Kier alpha value is -1.49. The highest BCUT2D eigenvalue weighted by molar-refractivity contribution is 6.30. The molecule has 0 radical (unpaired) electrons. The summed E-state index contributed by atoms with van der Waals surface area (Å²) in [6.45, 7) is 5.47. The first kappa shape index (κ1) is 15.9. The molecule has 2 rings (SSSR count). The van der Waals surface area contributed by atoms with E-state index in [1.807, 2.05) is 20.8 Å². The van der Waals surface area contributed by atoms with Crippen molar-refractivity contribution in [2.24, 2.45) is 0 Å². The number of amides is 1. The van der Waals surface area contributed by atoms with Crippen molar-refractivity contribution in [3.05, 3.63) is 29.0 Å². The molecule has 0 bridgehead atoms. The number of rotatable bonds is 3. The number of hydrogen-bond acceptors (Lipinski definition) is 3. The van der Waals surface area contributed by atoms with Crippen LogP contribution < -0.4 is 10.6 Å². The summed E-state index contributed by atoms with van der Waals surface area (Å²) in [7, 11) is 0. The summed E-state index contributed by atoms with van der Waals surface area (Å²) in [5, 5.41) is 6.37. The van der Waals surface area contributed by atoms with Gasteiger partial charge in [0.05, 0.1) is 0 Å². The Bertz CT molecular complexity index is 505. The molecule has 0 heterocycles. The van der Waals surface area contributed by atoms with Crippen LogP contribution in [0.3, 0.4) is 0 Å². The van der Waals surface area contributed by atoms with E-state index in [4.69, 9.17) is 16.3 Å². The van der Waals surface area contributed by atoms with E-state index in [9.17, 15) is 9.18 Å². The summed E-state index contributed by atoms with van der Waals surface area (Å²) in [4.78, 5) is 11.6. The standard InChI is InChI=1S/C15H20ClFN2O2/c1-15(2,3)21-14(20)19-13-7-12(8-13)18-11-5-9(16)4-10(17)6-11/h4-6,12-13,18H,7-8H2,1-3H3,(H,19,20). The topological polar surface area (TPSA) is 50.4 Å². The van der Waals surface area contributed by atoms with Crippen molar-refractivity contribution in [1.29, 1.82) is 0 Å². The molecule has 1 aromatic rings. The Morgan fingerprint density at radius 2 is 1.95 bits per heavy atom. The van der Waals surface area contributed by atoms with Crippen LogP contribution in [-0.2, 0) is 4.74 Å². The van der Waals surface area contributed by atoms with Crippen LogP contribution in [0.4, 0.5) is 14.9 Å². The van der Waals surface area contributed by atoms with Crippen LogP contribution in [0.1, 0.15) is 33.6 Å². The summed E-state index contributed by atoms with van der Waals surface area (Å²) < 4.78 is 18.4. The summed E-state index contributed by atoms with van der Waals surface area (Å²) in [5.41, 5.74) is 0.157. The number of anilines is 1. The molecule has 0 unspecified atom stereocenters. The zero-order chi connectivity index (χ0) is 15.6. The Morgan fingerprint density at radius 1 is 1.29 bits per heavy atom. The van der Waals surface area contributed by atoms with Crippen LogP contribution in [-0.4, -0.2) is 23.8 Å². The number of carbonyl (C=O) groups is 1. The van der Waals surface area contributed by atoms with E-state index in [0.29, 0.717) is 10.7 Å². The number of nitrogens with one attached hydrogen (secondary N) is 2. The average molecular weight is 315 g/mol. The molecule has 1 saturated carbocycles. The van der Waals surface area contributed by atoms with Crippen LogP contribution >= 0.6 is 11.6 Å². The predicted octanol–water partition coefficient (Wildman–Crippen LogP) is 3.95. The summed E-state index contributed by atoms with van der Waals surface area (Å²) >= 11 is 5.80. The normalized spacial score (nSPS) is 21.4. The number of carbonyl (C=O) groups excluding carboxylic acids is 1. The minimum absolute atomic E-state index is 0.0846. The van der Waals surface area contributed by atoms with Crippen molar-refractivity contribution in [2.75, 3.05) is 5.32 Å². The van der Waals surface area contributed by atoms with Crippen molar-refractivity contribution in [3.63, 3.8) is 0 Å². The van der Waals surface area contributed by atoms with Crippen LogP contribution in [0.15, 0.2) is 18.2 Å². The maximum Gasteiger partial charge on any atom is 0.407 e. The largest absolute Gasteiger partial charge is 0.444 e. The Kier molecular flexibility index (Phi) is 4.61. The van der Waals surface area contributed by atoms with Gasteiger partial charge in [0.1, 0.15) is 11.4 Å². The van der Waals surface area contributed by atoms with Gasteiger partial charge >= 0.3 is 6.09 Å². The smallest absolute Gasteiger partial charge is 0.407 e. The van der Waals surface area contributed by atoms with Gasteiger partial charge in [-0.25, -0.2) is 9.18 Å². The molecule has 1 aliphatic carbocycles. The first-order valence-electron chi connectivity index (χ1n) is 6.93. The van der Waals surface area contributed by atoms with E-state index >= 15 is 0 Å². The van der Waals surface area contributed by atoms with Gasteiger partial charge in [-0.1, -0.05) is 11.6 Å². The number of halogens is 2. The lowest BCUT2D eigenvalue weighted by Crippen LogP contribution is -2.50. The third kappa shape index (κ3) is 5.08. The van der Waals surface area contributed by atoms with E-state index in [-0.39, 0.29) is 17.9 Å². The van der Waals surface area contributed by atoms with Gasteiger partial charge in [-0.15, -0.1) is 0 Å². The lowest BCUT2D eigenvalue weighted by Gasteiger charge is -2.37. The first-order chi connectivity index (χ1) is 9.71. The highest BCUT2D eigenvalue weighted by atomic mass is 35.5. The predicted molar refractivity (Wildman–Crippen MR) is 81.2 cm³/mol. The van der Waals surface area contributed by atoms with Crippen molar-refractivity contribution in [2.45, 2.75) is 51.3 Å². The summed E-state index contributed by atoms with van der Waals surface area (Å²) in [6.07, 6.45) is 1.14. The van der Waals surface area contributed by atoms with E-state index < -0.39 is 11.7 Å². The van der Waals surface area contributed by atoms with Crippen molar-refractivity contribution < 1.29 is 13.9 Å². The molecule has 4 nitrogen and oxygen atoms in total. The zero-order valence-electron chi connectivity index (χ0n) is 12.4. The number of alkyl carbamates (subject to hydrolysis) is 1. The van der Waals surface area contributed by atoms with Gasteiger partial charge in [-0.05, 0) is 51.8 Å². The monoisotopic (exact) mass is 314 g/mol. The lowest BCUT2D eigenvalue weighted by atomic mass is 9.86. The Balaban J connectivity index is 1.75. The van der Waals surface area contributed by atoms with Gasteiger partial charge in [0.2, 0.25) is 0 Å². The van der Waals surface area contributed by atoms with Crippen LogP contribution in [0.5, 0.6) is 0 Å². The van der Waals surface area contributed by atoms with Crippen molar-refractivity contribution in [3.8, 4) is 0 Å². The zero-order valence-corrected chi connectivity index (χ0v) is 13.1. The van der Waals surface area contributed by atoms with Gasteiger partial charge in [-0.2, -0.15) is 0 Å². The van der Waals surface area contributed by atoms with E-state index in [1.54, 1.807) is 6.07 Å². The second kappa shape index (κ2) is 6.10. The maximum atomic E-state index is 13.2. The maximum absolute atomic E-state index is 13.2. The number of benzene rings is 1. The molecule has 0 aromatic heterocycles. The molecule has 0 atom stereocenters. The molecule has 0 saturated heterocycles. The van der Waals surface area contributed by atoms with E-state index in [2.05, 4.69) is 10.6 Å². The van der Waals surface area contributed by atoms with Crippen LogP contribution in [0.25, 0.3) is 0 Å². The molecule has 1 amide bonds. The molecule has 2 N–H and O–H groups in total. The lowest BCUT2D eigenvalue weighted by molar-refractivity contribution is 0.0475. The van der Waals surface area contributed by atoms with Crippen molar-refractivity contribution in [1.82, 2.24) is 5.32 Å². The van der Waals surface area contributed by atoms with E-state index in [1.165, 1.54) is 12.1 Å². The molecule has 0 aliphatic heterocycles. The second-order valence-corrected chi connectivity index (χ2v) is 6.75. The third-order valence-corrected chi connectivity index (χ3v) is 3.31. The third-order valence-electron chi connectivity index (χ3n) is 3.09. The minimum Gasteiger partial charge on any atom is -0.444 e. The highest BCUT2D eigenvalue weighted by Crippen LogP contribution is 2.26. The summed E-state index contributed by atoms with van der Waals surface area (Å²) in [6, 6.07) is 4.63. The van der Waals surface area contributed by atoms with Gasteiger partial charge in [0.25, 0.3) is 0 Å². The van der Waals surface area contributed by atoms with Gasteiger partial charge in [-0.3, -0.25) is 0 Å². The molecule has 0 spiro atoms. The SMILES string of the molecule is CC(C)(C)OC(=O)NC1CC(Nc2cc(F)cc(Cl)c2)C1. The minimum atomic E-state index is -0.496. The molecule has 116 valence electrons. The van der Waals surface area contributed by atoms with Crippen LogP contribution in [0, 0.1) is 5.82 Å². The van der Waals surface area contributed by atoms with Crippen LogP contribution in [0.2, 0.25) is 5.02 Å².